The Hall–Kier alpha value is -1.51. The van der Waals surface area contributed by atoms with Gasteiger partial charge in [0.2, 0.25) is 0 Å². The summed E-state index contributed by atoms with van der Waals surface area (Å²) in [6.45, 7) is 4.43. The Bertz CT molecular complexity index is 510. The second-order valence-electron chi connectivity index (χ2n) is 7.53. The number of carboxylic acids is 1. The highest BCUT2D eigenvalue weighted by molar-refractivity contribution is 5.89. The lowest BCUT2D eigenvalue weighted by Crippen LogP contribution is -2.08. The summed E-state index contributed by atoms with van der Waals surface area (Å²) < 4.78 is 0. The van der Waals surface area contributed by atoms with Crippen LogP contribution in [0, 0.1) is 0 Å². The van der Waals surface area contributed by atoms with Gasteiger partial charge in [0, 0.05) is 0 Å². The van der Waals surface area contributed by atoms with E-state index in [0.29, 0.717) is 5.56 Å². The van der Waals surface area contributed by atoms with Gasteiger partial charge >= 0.3 is 5.97 Å². The molecule has 0 aliphatic carbocycles. The highest BCUT2D eigenvalue weighted by atomic mass is 16.4. The third-order valence-corrected chi connectivity index (χ3v) is 5.27. The van der Waals surface area contributed by atoms with E-state index in [4.69, 9.17) is 0 Å². The number of phenolic OH excluding ortho intramolecular Hbond substituents is 1. The number of carboxylic acid groups (broad SMARTS) is 1. The molecule has 1 rings (SSSR count). The van der Waals surface area contributed by atoms with Crippen LogP contribution >= 0.6 is 0 Å². The van der Waals surface area contributed by atoms with Crippen LogP contribution in [0.3, 0.4) is 0 Å². The Morgan fingerprint density at radius 3 is 1.92 bits per heavy atom. The number of aromatic carboxylic acids is 1. The van der Waals surface area contributed by atoms with E-state index < -0.39 is 5.97 Å². The lowest BCUT2D eigenvalue weighted by atomic mass is 9.85. The number of unbranched alkanes of at least 4 members (excludes halogenated alkanes) is 9. The molecule has 1 atom stereocenters. The molecule has 0 saturated heterocycles. The summed E-state index contributed by atoms with van der Waals surface area (Å²) in [6, 6.07) is 4.70. The van der Waals surface area contributed by atoms with Crippen LogP contribution in [0.1, 0.15) is 119 Å². The molecule has 3 heteroatoms. The maximum absolute atomic E-state index is 11.6. The minimum atomic E-state index is -0.892. The minimum absolute atomic E-state index is 0.168. The number of hydrogen-bond donors (Lipinski definition) is 2. The summed E-state index contributed by atoms with van der Waals surface area (Å²) in [7, 11) is 0. The summed E-state index contributed by atoms with van der Waals surface area (Å²) in [5.74, 6) is -0.488. The van der Waals surface area contributed by atoms with Gasteiger partial charge < -0.3 is 10.2 Å². The molecule has 26 heavy (non-hydrogen) atoms. The summed E-state index contributed by atoms with van der Waals surface area (Å²) in [5.41, 5.74) is 1.17. The largest absolute Gasteiger partial charge is 0.508 e. The average Bonchev–Trinajstić information content (AvgIpc) is 2.62. The fraction of sp³-hybridized carbons (Fsp3) is 0.696. The van der Waals surface area contributed by atoms with Gasteiger partial charge in [-0.2, -0.15) is 0 Å². The van der Waals surface area contributed by atoms with Gasteiger partial charge in [-0.3, -0.25) is 0 Å². The Labute approximate surface area is 159 Å². The first-order valence-corrected chi connectivity index (χ1v) is 10.7. The molecule has 1 aromatic carbocycles. The zero-order valence-corrected chi connectivity index (χ0v) is 16.8. The molecular weight excluding hydrogens is 324 g/mol. The lowest BCUT2D eigenvalue weighted by Gasteiger charge is -2.20. The van der Waals surface area contributed by atoms with Crippen LogP contribution in [0.25, 0.3) is 0 Å². The minimum Gasteiger partial charge on any atom is -0.508 e. The van der Waals surface area contributed by atoms with Crippen molar-refractivity contribution >= 4 is 5.97 Å². The normalized spacial score (nSPS) is 12.2. The van der Waals surface area contributed by atoms with Crippen molar-refractivity contribution in [2.24, 2.45) is 0 Å². The van der Waals surface area contributed by atoms with E-state index in [1.54, 1.807) is 12.1 Å². The Balaban J connectivity index is 2.59. The third kappa shape index (κ3) is 8.73. The van der Waals surface area contributed by atoms with E-state index in [0.717, 1.165) is 37.7 Å². The van der Waals surface area contributed by atoms with Gasteiger partial charge in [-0.25, -0.2) is 4.79 Å². The van der Waals surface area contributed by atoms with Crippen LogP contribution in [0.2, 0.25) is 0 Å². The van der Waals surface area contributed by atoms with Gasteiger partial charge in [0.15, 0.2) is 0 Å². The number of hydrogen-bond acceptors (Lipinski definition) is 2. The summed E-state index contributed by atoms with van der Waals surface area (Å²) in [4.78, 5) is 11.6. The SMILES string of the molecule is CCCCCCCCCCC(CCCCC)c1cc(O)ccc1C(=O)O. The zero-order chi connectivity index (χ0) is 19.2. The summed E-state index contributed by atoms with van der Waals surface area (Å²) in [5, 5.41) is 19.4. The molecule has 0 spiro atoms. The van der Waals surface area contributed by atoms with E-state index in [1.165, 1.54) is 57.4 Å². The molecule has 2 N–H and O–H groups in total. The molecule has 0 aromatic heterocycles. The van der Waals surface area contributed by atoms with Crippen molar-refractivity contribution in [1.29, 1.82) is 0 Å². The fourth-order valence-electron chi connectivity index (χ4n) is 3.70. The van der Waals surface area contributed by atoms with Gasteiger partial charge in [0.1, 0.15) is 5.75 Å². The molecule has 0 radical (unpaired) electrons. The van der Waals surface area contributed by atoms with Crippen LogP contribution < -0.4 is 0 Å². The number of benzene rings is 1. The van der Waals surface area contributed by atoms with E-state index in [-0.39, 0.29) is 11.7 Å². The number of carbonyl (C=O) groups is 1. The maximum Gasteiger partial charge on any atom is 0.335 e. The van der Waals surface area contributed by atoms with Gasteiger partial charge in [0.05, 0.1) is 5.56 Å². The van der Waals surface area contributed by atoms with Crippen LogP contribution in [-0.2, 0) is 0 Å². The predicted molar refractivity (Wildman–Crippen MR) is 109 cm³/mol. The average molecular weight is 363 g/mol. The van der Waals surface area contributed by atoms with E-state index in [9.17, 15) is 15.0 Å². The summed E-state index contributed by atoms with van der Waals surface area (Å²) in [6.07, 6.45) is 15.7. The zero-order valence-electron chi connectivity index (χ0n) is 16.8. The first kappa shape index (κ1) is 22.5. The molecule has 1 aromatic rings. The molecule has 0 aliphatic heterocycles. The van der Waals surface area contributed by atoms with Crippen molar-refractivity contribution in [3.05, 3.63) is 29.3 Å². The van der Waals surface area contributed by atoms with Crippen LogP contribution in [-0.4, -0.2) is 16.2 Å². The number of aromatic hydroxyl groups is 1. The smallest absolute Gasteiger partial charge is 0.335 e. The van der Waals surface area contributed by atoms with Crippen molar-refractivity contribution in [2.45, 2.75) is 103 Å². The molecular formula is C23H38O3. The maximum atomic E-state index is 11.6. The quantitative estimate of drug-likeness (QED) is 0.322. The topological polar surface area (TPSA) is 57.5 Å². The molecule has 0 heterocycles. The molecule has 148 valence electrons. The second-order valence-corrected chi connectivity index (χ2v) is 7.53. The lowest BCUT2D eigenvalue weighted by molar-refractivity contribution is 0.0695. The van der Waals surface area contributed by atoms with Crippen molar-refractivity contribution in [2.75, 3.05) is 0 Å². The van der Waals surface area contributed by atoms with E-state index >= 15 is 0 Å². The van der Waals surface area contributed by atoms with Crippen LogP contribution in [0.5, 0.6) is 5.75 Å². The first-order valence-electron chi connectivity index (χ1n) is 10.7. The van der Waals surface area contributed by atoms with Crippen LogP contribution in [0.15, 0.2) is 18.2 Å². The van der Waals surface area contributed by atoms with Gasteiger partial charge in [0.25, 0.3) is 0 Å². The molecule has 0 aliphatic rings. The van der Waals surface area contributed by atoms with Crippen molar-refractivity contribution in [1.82, 2.24) is 0 Å². The van der Waals surface area contributed by atoms with Gasteiger partial charge in [-0.05, 0) is 42.5 Å². The monoisotopic (exact) mass is 362 g/mol. The molecule has 0 bridgehead atoms. The second kappa shape index (κ2) is 13.7. The van der Waals surface area contributed by atoms with Crippen molar-refractivity contribution in [3.63, 3.8) is 0 Å². The van der Waals surface area contributed by atoms with Gasteiger partial charge in [-0.15, -0.1) is 0 Å². The Morgan fingerprint density at radius 1 is 0.846 bits per heavy atom. The standard InChI is InChI=1S/C23H38O3/c1-3-5-7-8-9-10-11-13-15-19(14-12-6-4-2)22-18-20(24)16-17-21(22)23(25)26/h16-19,24H,3-15H2,1-2H3,(H,25,26). The highest BCUT2D eigenvalue weighted by Crippen LogP contribution is 2.33. The van der Waals surface area contributed by atoms with E-state index in [2.05, 4.69) is 13.8 Å². The van der Waals surface area contributed by atoms with Crippen LogP contribution in [0.4, 0.5) is 0 Å². The van der Waals surface area contributed by atoms with Crippen molar-refractivity contribution < 1.29 is 15.0 Å². The Kier molecular flexibility index (Phi) is 11.8. The van der Waals surface area contributed by atoms with Gasteiger partial charge in [-0.1, -0.05) is 84.5 Å². The highest BCUT2D eigenvalue weighted by Gasteiger charge is 2.19. The molecule has 0 amide bonds. The van der Waals surface area contributed by atoms with E-state index in [1.807, 2.05) is 0 Å². The Morgan fingerprint density at radius 2 is 1.35 bits per heavy atom. The number of rotatable bonds is 15. The molecule has 1 unspecified atom stereocenters. The molecule has 0 fully saturated rings. The fourth-order valence-corrected chi connectivity index (χ4v) is 3.70. The first-order chi connectivity index (χ1) is 12.6. The molecule has 0 saturated carbocycles. The third-order valence-electron chi connectivity index (χ3n) is 5.27. The number of phenols is 1. The molecule has 3 nitrogen and oxygen atoms in total. The summed E-state index contributed by atoms with van der Waals surface area (Å²) >= 11 is 0. The van der Waals surface area contributed by atoms with Crippen molar-refractivity contribution in [3.8, 4) is 5.75 Å². The predicted octanol–water partition coefficient (Wildman–Crippen LogP) is 7.29.